The molecule has 162 valence electrons. The fourth-order valence-electron chi connectivity index (χ4n) is 4.39. The van der Waals surface area contributed by atoms with Crippen molar-refractivity contribution in [1.29, 1.82) is 0 Å². The molecule has 7 nitrogen and oxygen atoms in total. The molecule has 2 aromatic rings. The summed E-state index contributed by atoms with van der Waals surface area (Å²) in [6.07, 6.45) is 1.96. The van der Waals surface area contributed by atoms with Gasteiger partial charge in [-0.2, -0.15) is 0 Å². The van der Waals surface area contributed by atoms with Crippen molar-refractivity contribution in [3.63, 3.8) is 0 Å². The first kappa shape index (κ1) is 21.3. The van der Waals surface area contributed by atoms with Crippen molar-refractivity contribution >= 4 is 35.5 Å². The van der Waals surface area contributed by atoms with Gasteiger partial charge in [0.1, 0.15) is 5.54 Å². The zero-order valence-electron chi connectivity index (χ0n) is 17.2. The lowest BCUT2D eigenvalue weighted by molar-refractivity contribution is -0.125. The van der Waals surface area contributed by atoms with Gasteiger partial charge in [-0.1, -0.05) is 29.8 Å². The van der Waals surface area contributed by atoms with Gasteiger partial charge in [0.05, 0.1) is 6.67 Å². The molecule has 31 heavy (non-hydrogen) atoms. The fraction of sp³-hybridized carbons (Fsp3) is 0.348. The summed E-state index contributed by atoms with van der Waals surface area (Å²) in [4.78, 5) is 42.4. The number of amides is 3. The Labute approximate surface area is 186 Å². The average Bonchev–Trinajstić information content (AvgIpc) is 3.12. The second-order valence-electron chi connectivity index (χ2n) is 7.91. The smallest absolute Gasteiger partial charge is 0.260 e. The summed E-state index contributed by atoms with van der Waals surface area (Å²) in [5.74, 6) is -0.269. The van der Waals surface area contributed by atoms with E-state index in [0.29, 0.717) is 49.6 Å². The van der Waals surface area contributed by atoms with Crippen molar-refractivity contribution in [2.75, 3.05) is 37.7 Å². The van der Waals surface area contributed by atoms with Crippen LogP contribution in [0.5, 0.6) is 0 Å². The van der Waals surface area contributed by atoms with Crippen molar-refractivity contribution in [1.82, 2.24) is 15.1 Å². The highest BCUT2D eigenvalue weighted by Crippen LogP contribution is 2.36. The molecule has 1 N–H and O–H groups in total. The molecular formula is C23H25ClN4O3. The molecular weight excluding hydrogens is 416 g/mol. The topological polar surface area (TPSA) is 73.0 Å². The Morgan fingerprint density at radius 2 is 1.77 bits per heavy atom. The van der Waals surface area contributed by atoms with Gasteiger partial charge in [-0.3, -0.25) is 19.3 Å². The second-order valence-corrected chi connectivity index (χ2v) is 8.35. The summed E-state index contributed by atoms with van der Waals surface area (Å²) in [6.45, 7) is 2.82. The maximum Gasteiger partial charge on any atom is 0.260 e. The van der Waals surface area contributed by atoms with Gasteiger partial charge < -0.3 is 15.1 Å². The lowest BCUT2D eigenvalue weighted by atomic mass is 9.85. The van der Waals surface area contributed by atoms with Crippen LogP contribution in [0.15, 0.2) is 54.6 Å². The van der Waals surface area contributed by atoms with E-state index in [0.717, 1.165) is 18.8 Å². The van der Waals surface area contributed by atoms with Crippen LogP contribution < -0.4 is 10.2 Å². The molecule has 4 rings (SSSR count). The number of para-hydroxylation sites is 1. The molecule has 2 fully saturated rings. The summed E-state index contributed by atoms with van der Waals surface area (Å²) in [5, 5.41) is 3.54. The largest absolute Gasteiger partial charge is 0.339 e. The van der Waals surface area contributed by atoms with Crippen LogP contribution in [0.25, 0.3) is 0 Å². The minimum Gasteiger partial charge on any atom is -0.339 e. The van der Waals surface area contributed by atoms with E-state index in [9.17, 15) is 14.4 Å². The zero-order valence-corrected chi connectivity index (χ0v) is 17.9. The molecule has 0 aliphatic carbocycles. The lowest BCUT2D eigenvalue weighted by Gasteiger charge is -2.43. The molecule has 0 bridgehead atoms. The van der Waals surface area contributed by atoms with Gasteiger partial charge in [0, 0.05) is 42.5 Å². The summed E-state index contributed by atoms with van der Waals surface area (Å²) in [5.41, 5.74) is 0.923. The van der Waals surface area contributed by atoms with Gasteiger partial charge in [-0.15, -0.1) is 0 Å². The van der Waals surface area contributed by atoms with E-state index >= 15 is 0 Å². The van der Waals surface area contributed by atoms with E-state index in [1.54, 1.807) is 24.3 Å². The molecule has 2 heterocycles. The Balaban J connectivity index is 1.36. The number of rotatable bonds is 6. The molecule has 0 unspecified atom stereocenters. The molecule has 0 aromatic heterocycles. The second kappa shape index (κ2) is 9.08. The normalized spacial score (nSPS) is 18.1. The molecule has 8 heteroatoms. The standard InChI is InChI=1S/C23H25ClN4O3/c24-19-8-6-18(7-9-19)21(30)27(17-29)15-14-26-12-10-23(11-13-26)22(31)25-16-28(23)20-4-2-1-3-5-20/h1-9,17H,10-16H2,(H,25,31). The van der Waals surface area contributed by atoms with Crippen LogP contribution in [-0.2, 0) is 9.59 Å². The quantitative estimate of drug-likeness (QED) is 0.698. The number of carbonyl (C=O) groups excluding carboxylic acids is 3. The van der Waals surface area contributed by atoms with Crippen molar-refractivity contribution in [3.05, 3.63) is 65.2 Å². The van der Waals surface area contributed by atoms with Crippen molar-refractivity contribution in [3.8, 4) is 0 Å². The third kappa shape index (κ3) is 4.29. The number of hydrogen-bond acceptors (Lipinski definition) is 5. The number of halogens is 1. The molecule has 0 atom stereocenters. The summed E-state index contributed by atoms with van der Waals surface area (Å²) in [7, 11) is 0. The van der Waals surface area contributed by atoms with Crippen LogP contribution >= 0.6 is 11.6 Å². The number of nitrogens with zero attached hydrogens (tertiary/aromatic N) is 3. The molecule has 2 aromatic carbocycles. The van der Waals surface area contributed by atoms with Gasteiger partial charge in [-0.25, -0.2) is 0 Å². The van der Waals surface area contributed by atoms with Crippen LogP contribution in [-0.4, -0.2) is 66.4 Å². The number of anilines is 1. The van der Waals surface area contributed by atoms with Gasteiger partial charge in [0.2, 0.25) is 12.3 Å². The zero-order chi connectivity index (χ0) is 21.8. The number of benzene rings is 2. The van der Waals surface area contributed by atoms with Crippen LogP contribution in [0, 0.1) is 0 Å². The van der Waals surface area contributed by atoms with Gasteiger partial charge in [0.15, 0.2) is 0 Å². The van der Waals surface area contributed by atoms with Crippen LogP contribution in [0.3, 0.4) is 0 Å². The van der Waals surface area contributed by atoms with E-state index < -0.39 is 5.54 Å². The number of carbonyl (C=O) groups is 3. The van der Waals surface area contributed by atoms with Crippen LogP contribution in [0.1, 0.15) is 23.2 Å². The van der Waals surface area contributed by atoms with E-state index in [2.05, 4.69) is 15.1 Å². The molecule has 2 saturated heterocycles. The first-order chi connectivity index (χ1) is 15.0. The Morgan fingerprint density at radius 3 is 2.42 bits per heavy atom. The highest BCUT2D eigenvalue weighted by Gasteiger charge is 2.50. The average molecular weight is 441 g/mol. The maximum absolute atomic E-state index is 12.7. The van der Waals surface area contributed by atoms with Gasteiger partial charge in [0.25, 0.3) is 5.91 Å². The van der Waals surface area contributed by atoms with Crippen LogP contribution in [0.2, 0.25) is 5.02 Å². The number of piperidine rings is 1. The monoisotopic (exact) mass is 440 g/mol. The predicted molar refractivity (Wildman–Crippen MR) is 119 cm³/mol. The van der Waals surface area contributed by atoms with Crippen molar-refractivity contribution in [2.45, 2.75) is 18.4 Å². The highest BCUT2D eigenvalue weighted by atomic mass is 35.5. The van der Waals surface area contributed by atoms with E-state index in [4.69, 9.17) is 11.6 Å². The molecule has 2 aliphatic rings. The van der Waals surface area contributed by atoms with Gasteiger partial charge in [-0.05, 0) is 49.2 Å². The Morgan fingerprint density at radius 1 is 1.10 bits per heavy atom. The van der Waals surface area contributed by atoms with Crippen molar-refractivity contribution < 1.29 is 14.4 Å². The Hall–Kier alpha value is -2.90. The Kier molecular flexibility index (Phi) is 6.25. The first-order valence-corrected chi connectivity index (χ1v) is 10.8. The molecule has 1 spiro atoms. The first-order valence-electron chi connectivity index (χ1n) is 10.4. The molecule has 0 radical (unpaired) electrons. The van der Waals surface area contributed by atoms with Crippen LogP contribution in [0.4, 0.5) is 5.69 Å². The molecule has 2 aliphatic heterocycles. The number of imide groups is 1. The summed E-state index contributed by atoms with van der Waals surface area (Å²) in [6, 6.07) is 16.5. The number of hydrogen-bond donors (Lipinski definition) is 1. The number of likely N-dealkylation sites (tertiary alicyclic amines) is 1. The minimum atomic E-state index is -0.540. The molecule has 0 saturated carbocycles. The lowest BCUT2D eigenvalue weighted by Crippen LogP contribution is -2.57. The van der Waals surface area contributed by atoms with Gasteiger partial charge >= 0.3 is 0 Å². The SMILES string of the molecule is O=CN(CCN1CCC2(CC1)C(=O)NCN2c1ccccc1)C(=O)c1ccc(Cl)cc1. The summed E-state index contributed by atoms with van der Waals surface area (Å²) >= 11 is 5.87. The molecule has 3 amide bonds. The highest BCUT2D eigenvalue weighted by molar-refractivity contribution is 6.30. The fourth-order valence-corrected chi connectivity index (χ4v) is 4.51. The predicted octanol–water partition coefficient (Wildman–Crippen LogP) is 2.37. The summed E-state index contributed by atoms with van der Waals surface area (Å²) < 4.78 is 0. The third-order valence-corrected chi connectivity index (χ3v) is 6.48. The van der Waals surface area contributed by atoms with E-state index in [1.807, 2.05) is 30.3 Å². The minimum absolute atomic E-state index is 0.0726. The maximum atomic E-state index is 12.7. The third-order valence-electron chi connectivity index (χ3n) is 6.22. The van der Waals surface area contributed by atoms with E-state index in [-0.39, 0.29) is 11.8 Å². The number of nitrogens with one attached hydrogen (secondary N) is 1. The van der Waals surface area contributed by atoms with E-state index in [1.165, 1.54) is 4.90 Å². The van der Waals surface area contributed by atoms with Crippen molar-refractivity contribution in [2.24, 2.45) is 0 Å². The Bertz CT molecular complexity index is 943.